The summed E-state index contributed by atoms with van der Waals surface area (Å²) in [5.74, 6) is -1.09. The summed E-state index contributed by atoms with van der Waals surface area (Å²) in [5.41, 5.74) is 2.09. The summed E-state index contributed by atoms with van der Waals surface area (Å²) >= 11 is 6.36. The summed E-state index contributed by atoms with van der Waals surface area (Å²) in [7, 11) is 1.43. The number of anilines is 1. The van der Waals surface area contributed by atoms with Crippen LogP contribution in [0.2, 0.25) is 5.02 Å². The van der Waals surface area contributed by atoms with E-state index in [0.29, 0.717) is 17.0 Å². The van der Waals surface area contributed by atoms with Gasteiger partial charge in [0, 0.05) is 5.69 Å². The first-order valence-electron chi connectivity index (χ1n) is 11.2. The molecular formula is C28H26ClNO5. The van der Waals surface area contributed by atoms with E-state index in [2.05, 4.69) is 0 Å². The van der Waals surface area contributed by atoms with E-state index in [1.54, 1.807) is 54.6 Å². The van der Waals surface area contributed by atoms with Crippen molar-refractivity contribution in [1.82, 2.24) is 0 Å². The normalized spacial score (nSPS) is 17.2. The molecule has 0 aromatic heterocycles. The number of aliphatic hydroxyl groups is 1. The van der Waals surface area contributed by atoms with Crippen molar-refractivity contribution in [1.29, 1.82) is 0 Å². The molecule has 1 N–H and O–H groups in total. The molecule has 6 nitrogen and oxygen atoms in total. The SMILES string of the molecule is COc1c(Cl)cc(C)cc1/C(O)=C1\C(=O)C(=O)N(c2ccccc2)C1c1cccc(OC(C)C)c1. The van der Waals surface area contributed by atoms with Crippen LogP contribution in [0.5, 0.6) is 11.5 Å². The van der Waals surface area contributed by atoms with Gasteiger partial charge in [0.15, 0.2) is 0 Å². The predicted molar refractivity (Wildman–Crippen MR) is 136 cm³/mol. The van der Waals surface area contributed by atoms with E-state index in [4.69, 9.17) is 21.1 Å². The van der Waals surface area contributed by atoms with Crippen LogP contribution in [0.25, 0.3) is 5.76 Å². The second-order valence-electron chi connectivity index (χ2n) is 8.57. The summed E-state index contributed by atoms with van der Waals surface area (Å²) in [6.45, 7) is 5.64. The molecule has 1 heterocycles. The van der Waals surface area contributed by atoms with Crippen LogP contribution in [-0.4, -0.2) is 30.0 Å². The fraction of sp³-hybridized carbons (Fsp3) is 0.214. The summed E-state index contributed by atoms with van der Waals surface area (Å²) in [6, 6.07) is 18.5. The number of carbonyl (C=O) groups excluding carboxylic acids is 2. The third kappa shape index (κ3) is 4.62. The fourth-order valence-corrected chi connectivity index (χ4v) is 4.64. The van der Waals surface area contributed by atoms with Crippen LogP contribution in [0, 0.1) is 6.92 Å². The van der Waals surface area contributed by atoms with Gasteiger partial charge >= 0.3 is 0 Å². The Kier molecular flexibility index (Phi) is 6.85. The number of Topliss-reactive ketones (excluding diaryl/α,β-unsaturated/α-hetero) is 1. The Morgan fingerprint density at radius 3 is 2.40 bits per heavy atom. The number of benzene rings is 3. The lowest BCUT2D eigenvalue weighted by atomic mass is 9.94. The van der Waals surface area contributed by atoms with Crippen molar-refractivity contribution < 1.29 is 24.2 Å². The van der Waals surface area contributed by atoms with E-state index < -0.39 is 17.7 Å². The number of carbonyl (C=O) groups is 2. The van der Waals surface area contributed by atoms with E-state index in [9.17, 15) is 14.7 Å². The molecule has 0 saturated carbocycles. The van der Waals surface area contributed by atoms with Crippen molar-refractivity contribution in [2.75, 3.05) is 12.0 Å². The molecule has 0 aliphatic carbocycles. The Labute approximate surface area is 209 Å². The quantitative estimate of drug-likeness (QED) is 0.257. The maximum Gasteiger partial charge on any atom is 0.300 e. The molecular weight excluding hydrogens is 466 g/mol. The molecule has 0 bridgehead atoms. The highest BCUT2D eigenvalue weighted by Gasteiger charge is 2.47. The average Bonchev–Trinajstić information content (AvgIpc) is 3.09. The van der Waals surface area contributed by atoms with E-state index in [1.807, 2.05) is 32.9 Å². The molecule has 35 heavy (non-hydrogen) atoms. The monoisotopic (exact) mass is 491 g/mol. The van der Waals surface area contributed by atoms with Gasteiger partial charge in [0.2, 0.25) is 0 Å². The number of hydrogen-bond donors (Lipinski definition) is 1. The molecule has 7 heteroatoms. The molecule has 1 aliphatic heterocycles. The van der Waals surface area contributed by atoms with E-state index in [0.717, 1.165) is 5.56 Å². The standard InChI is InChI=1S/C28H26ClNO5/c1-16(2)35-20-12-8-9-18(15-20)24-23(25(31)21-13-17(3)14-22(29)27(21)34-4)26(32)28(33)30(24)19-10-6-5-7-11-19/h5-16,24,31H,1-4H3/b25-23+. The van der Waals surface area contributed by atoms with Crippen molar-refractivity contribution >= 4 is 34.7 Å². The van der Waals surface area contributed by atoms with Crippen molar-refractivity contribution in [3.05, 3.63) is 94.0 Å². The highest BCUT2D eigenvalue weighted by molar-refractivity contribution is 6.51. The molecule has 0 radical (unpaired) electrons. The minimum Gasteiger partial charge on any atom is -0.507 e. The number of aryl methyl sites for hydroxylation is 1. The predicted octanol–water partition coefficient (Wildman–Crippen LogP) is 6.07. The molecule has 1 amide bonds. The number of ether oxygens (including phenoxy) is 2. The number of para-hydroxylation sites is 1. The van der Waals surface area contributed by atoms with Crippen LogP contribution in [0.3, 0.4) is 0 Å². The van der Waals surface area contributed by atoms with E-state index in [1.165, 1.54) is 12.0 Å². The van der Waals surface area contributed by atoms with Gasteiger partial charge in [0.25, 0.3) is 11.7 Å². The second kappa shape index (κ2) is 9.84. The molecule has 4 rings (SSSR count). The van der Waals surface area contributed by atoms with E-state index in [-0.39, 0.29) is 33.8 Å². The van der Waals surface area contributed by atoms with Crippen LogP contribution < -0.4 is 14.4 Å². The smallest absolute Gasteiger partial charge is 0.300 e. The van der Waals surface area contributed by atoms with Gasteiger partial charge in [-0.25, -0.2) is 0 Å². The molecule has 1 atom stereocenters. The summed E-state index contributed by atoms with van der Waals surface area (Å²) in [4.78, 5) is 28.1. The van der Waals surface area contributed by atoms with Gasteiger partial charge in [-0.1, -0.05) is 41.9 Å². The molecule has 1 aliphatic rings. The zero-order chi connectivity index (χ0) is 25.3. The molecule has 3 aromatic carbocycles. The average molecular weight is 492 g/mol. The highest BCUT2D eigenvalue weighted by atomic mass is 35.5. The Morgan fingerprint density at radius 1 is 1.03 bits per heavy atom. The maximum atomic E-state index is 13.4. The van der Waals surface area contributed by atoms with Crippen molar-refractivity contribution in [3.63, 3.8) is 0 Å². The number of amides is 1. The number of ketones is 1. The molecule has 3 aromatic rings. The first-order chi connectivity index (χ1) is 16.7. The first-order valence-corrected chi connectivity index (χ1v) is 11.6. The van der Waals surface area contributed by atoms with Gasteiger partial charge in [0.05, 0.1) is 35.4 Å². The number of methoxy groups -OCH3 is 1. The number of hydrogen-bond acceptors (Lipinski definition) is 5. The fourth-order valence-electron chi connectivity index (χ4n) is 4.29. The van der Waals surface area contributed by atoms with Crippen molar-refractivity contribution in [2.24, 2.45) is 0 Å². The summed E-state index contributed by atoms with van der Waals surface area (Å²) < 4.78 is 11.3. The summed E-state index contributed by atoms with van der Waals surface area (Å²) in [6.07, 6.45) is -0.0653. The topological polar surface area (TPSA) is 76.1 Å². The van der Waals surface area contributed by atoms with Crippen LogP contribution in [0.4, 0.5) is 5.69 Å². The molecule has 1 saturated heterocycles. The van der Waals surface area contributed by atoms with Gasteiger partial charge in [-0.05, 0) is 68.3 Å². The zero-order valence-corrected chi connectivity index (χ0v) is 20.7. The lowest BCUT2D eigenvalue weighted by molar-refractivity contribution is -0.132. The van der Waals surface area contributed by atoms with Crippen LogP contribution >= 0.6 is 11.6 Å². The molecule has 1 fully saturated rings. The maximum absolute atomic E-state index is 13.4. The number of halogens is 1. The lowest BCUT2D eigenvalue weighted by Gasteiger charge is -2.26. The molecule has 0 spiro atoms. The van der Waals surface area contributed by atoms with Crippen LogP contribution in [0.1, 0.15) is 36.6 Å². The van der Waals surface area contributed by atoms with Crippen molar-refractivity contribution in [2.45, 2.75) is 32.9 Å². The van der Waals surface area contributed by atoms with Gasteiger partial charge in [-0.15, -0.1) is 0 Å². The van der Waals surface area contributed by atoms with Crippen molar-refractivity contribution in [3.8, 4) is 11.5 Å². The van der Waals surface area contributed by atoms with Gasteiger partial charge in [-0.2, -0.15) is 0 Å². The number of rotatable bonds is 6. The first kappa shape index (κ1) is 24.4. The Hall–Kier alpha value is -3.77. The lowest BCUT2D eigenvalue weighted by Crippen LogP contribution is -2.29. The molecule has 1 unspecified atom stereocenters. The minimum absolute atomic E-state index is 0.0551. The number of aliphatic hydroxyl groups excluding tert-OH is 1. The highest BCUT2D eigenvalue weighted by Crippen LogP contribution is 2.45. The van der Waals surface area contributed by atoms with Gasteiger partial charge in [-0.3, -0.25) is 14.5 Å². The minimum atomic E-state index is -0.892. The largest absolute Gasteiger partial charge is 0.507 e. The van der Waals surface area contributed by atoms with Crippen LogP contribution in [-0.2, 0) is 9.59 Å². The third-order valence-corrected chi connectivity index (χ3v) is 5.95. The zero-order valence-electron chi connectivity index (χ0n) is 19.9. The number of nitrogens with zero attached hydrogens (tertiary/aromatic N) is 1. The Balaban J connectivity index is 1.99. The van der Waals surface area contributed by atoms with Crippen LogP contribution in [0.15, 0.2) is 72.3 Å². The third-order valence-electron chi connectivity index (χ3n) is 5.67. The summed E-state index contributed by atoms with van der Waals surface area (Å²) in [5, 5.41) is 11.8. The van der Waals surface area contributed by atoms with E-state index >= 15 is 0 Å². The second-order valence-corrected chi connectivity index (χ2v) is 8.98. The Morgan fingerprint density at radius 2 is 1.74 bits per heavy atom. The van der Waals surface area contributed by atoms with Gasteiger partial charge in [0.1, 0.15) is 17.3 Å². The molecule has 180 valence electrons. The Bertz CT molecular complexity index is 1320. The van der Waals surface area contributed by atoms with Gasteiger partial charge < -0.3 is 14.6 Å².